The number of rotatable bonds is 5. The number of ether oxygens (including phenoxy) is 2. The number of anilines is 1. The van der Waals surface area contributed by atoms with Crippen molar-refractivity contribution in [3.63, 3.8) is 0 Å². The van der Waals surface area contributed by atoms with Gasteiger partial charge in [-0.3, -0.25) is 4.79 Å². The second-order valence-electron chi connectivity index (χ2n) is 6.09. The van der Waals surface area contributed by atoms with Gasteiger partial charge in [0.15, 0.2) is 5.78 Å². The second-order valence-corrected chi connectivity index (χ2v) is 6.09. The topological polar surface area (TPSA) is 38.8 Å². The molecule has 0 radical (unpaired) electrons. The summed E-state index contributed by atoms with van der Waals surface area (Å²) in [4.78, 5) is 14.7. The molecule has 3 rings (SSSR count). The molecule has 25 heavy (non-hydrogen) atoms. The number of allylic oxidation sites excluding steroid dienone is 1. The molecule has 0 saturated carbocycles. The maximum atomic E-state index is 12.4. The third kappa shape index (κ3) is 4.28. The van der Waals surface area contributed by atoms with Crippen LogP contribution in [0.3, 0.4) is 0 Å². The highest BCUT2D eigenvalue weighted by atomic mass is 16.5. The van der Waals surface area contributed by atoms with Gasteiger partial charge >= 0.3 is 0 Å². The van der Waals surface area contributed by atoms with Crippen LogP contribution in [-0.4, -0.2) is 39.2 Å². The summed E-state index contributed by atoms with van der Waals surface area (Å²) in [6, 6.07) is 13.8. The first kappa shape index (κ1) is 17.2. The number of methoxy groups -OCH3 is 1. The number of ketones is 1. The van der Waals surface area contributed by atoms with Gasteiger partial charge in [0.25, 0.3) is 0 Å². The molecule has 0 bridgehead atoms. The first-order valence-corrected chi connectivity index (χ1v) is 8.47. The van der Waals surface area contributed by atoms with E-state index in [0.717, 1.165) is 37.4 Å². The summed E-state index contributed by atoms with van der Waals surface area (Å²) in [7, 11) is 1.58. The van der Waals surface area contributed by atoms with Crippen LogP contribution < -0.4 is 9.64 Å². The van der Waals surface area contributed by atoms with E-state index >= 15 is 0 Å². The molecular weight excluding hydrogens is 314 g/mol. The highest BCUT2D eigenvalue weighted by Gasteiger charge is 2.11. The molecule has 0 amide bonds. The fourth-order valence-corrected chi connectivity index (χ4v) is 2.88. The highest BCUT2D eigenvalue weighted by Crippen LogP contribution is 2.22. The van der Waals surface area contributed by atoms with E-state index in [-0.39, 0.29) is 5.78 Å². The minimum absolute atomic E-state index is 0.0610. The maximum Gasteiger partial charge on any atom is 0.189 e. The van der Waals surface area contributed by atoms with Gasteiger partial charge in [0.1, 0.15) is 5.75 Å². The van der Waals surface area contributed by atoms with Crippen molar-refractivity contribution in [1.82, 2.24) is 0 Å². The van der Waals surface area contributed by atoms with Crippen LogP contribution in [0.4, 0.5) is 5.69 Å². The Hall–Kier alpha value is -2.59. The molecule has 1 aliphatic heterocycles. The zero-order valence-corrected chi connectivity index (χ0v) is 14.7. The van der Waals surface area contributed by atoms with E-state index in [2.05, 4.69) is 17.0 Å². The fraction of sp³-hybridized carbons (Fsp3) is 0.286. The van der Waals surface area contributed by atoms with E-state index in [9.17, 15) is 4.79 Å². The van der Waals surface area contributed by atoms with Crippen molar-refractivity contribution in [2.24, 2.45) is 0 Å². The molecule has 1 saturated heterocycles. The number of hydrogen-bond acceptors (Lipinski definition) is 4. The molecule has 2 aromatic carbocycles. The number of hydrogen-bond donors (Lipinski definition) is 0. The Bertz CT molecular complexity index is 759. The number of aryl methyl sites for hydroxylation is 1. The quantitative estimate of drug-likeness (QED) is 0.615. The Labute approximate surface area is 148 Å². The zero-order chi connectivity index (χ0) is 17.6. The summed E-state index contributed by atoms with van der Waals surface area (Å²) >= 11 is 0. The first-order chi connectivity index (χ1) is 12.2. The molecule has 0 N–H and O–H groups in total. The molecule has 4 heteroatoms. The Morgan fingerprint density at radius 3 is 2.52 bits per heavy atom. The van der Waals surface area contributed by atoms with Crippen molar-refractivity contribution in [1.29, 1.82) is 0 Å². The van der Waals surface area contributed by atoms with E-state index < -0.39 is 0 Å². The van der Waals surface area contributed by atoms with Crippen molar-refractivity contribution < 1.29 is 14.3 Å². The molecule has 2 aromatic rings. The van der Waals surface area contributed by atoms with Crippen LogP contribution in [0.2, 0.25) is 0 Å². The van der Waals surface area contributed by atoms with Gasteiger partial charge in [-0.25, -0.2) is 0 Å². The maximum absolute atomic E-state index is 12.4. The van der Waals surface area contributed by atoms with Gasteiger partial charge in [0, 0.05) is 18.8 Å². The number of benzene rings is 2. The average Bonchev–Trinajstić information content (AvgIpc) is 2.67. The number of morpholine rings is 1. The van der Waals surface area contributed by atoms with Gasteiger partial charge in [-0.1, -0.05) is 24.3 Å². The summed E-state index contributed by atoms with van der Waals surface area (Å²) in [5.41, 5.74) is 3.83. The summed E-state index contributed by atoms with van der Waals surface area (Å²) in [5, 5.41) is 0. The minimum atomic E-state index is -0.0610. The second kappa shape index (κ2) is 7.99. The summed E-state index contributed by atoms with van der Waals surface area (Å²) in [5.74, 6) is 0.548. The minimum Gasteiger partial charge on any atom is -0.496 e. The van der Waals surface area contributed by atoms with Crippen LogP contribution in [0.1, 0.15) is 21.5 Å². The molecule has 1 aliphatic rings. The van der Waals surface area contributed by atoms with Gasteiger partial charge in [-0.2, -0.15) is 0 Å². The van der Waals surface area contributed by atoms with Crippen molar-refractivity contribution in [3.05, 3.63) is 65.2 Å². The normalized spacial score (nSPS) is 14.7. The van der Waals surface area contributed by atoms with Crippen LogP contribution in [0.25, 0.3) is 6.08 Å². The van der Waals surface area contributed by atoms with Crippen LogP contribution in [0.5, 0.6) is 5.75 Å². The molecule has 0 unspecified atom stereocenters. The van der Waals surface area contributed by atoms with Crippen molar-refractivity contribution in [2.45, 2.75) is 6.92 Å². The molecule has 0 spiro atoms. The van der Waals surface area contributed by atoms with Gasteiger partial charge in [-0.05, 0) is 48.4 Å². The van der Waals surface area contributed by atoms with Gasteiger partial charge in [0.2, 0.25) is 0 Å². The molecular formula is C21H23NO3. The third-order valence-corrected chi connectivity index (χ3v) is 4.32. The predicted octanol–water partition coefficient (Wildman–Crippen LogP) is 3.74. The van der Waals surface area contributed by atoms with Crippen LogP contribution in [-0.2, 0) is 4.74 Å². The molecule has 130 valence electrons. The Morgan fingerprint density at radius 1 is 1.12 bits per heavy atom. The average molecular weight is 337 g/mol. The van der Waals surface area contributed by atoms with Crippen LogP contribution in [0.15, 0.2) is 48.5 Å². The summed E-state index contributed by atoms with van der Waals surface area (Å²) < 4.78 is 10.7. The standard InChI is InChI=1S/C21H23NO3/c1-16-3-9-19(21(15-16)24-2)20(23)10-6-17-4-7-18(8-5-17)22-11-13-25-14-12-22/h3-10,15H,11-14H2,1-2H3. The lowest BCUT2D eigenvalue weighted by Gasteiger charge is -2.28. The van der Waals surface area contributed by atoms with E-state index in [1.807, 2.05) is 43.3 Å². The summed E-state index contributed by atoms with van der Waals surface area (Å²) in [6.07, 6.45) is 3.43. The SMILES string of the molecule is COc1cc(C)ccc1C(=O)C=Cc1ccc(N2CCOCC2)cc1. The van der Waals surface area contributed by atoms with Gasteiger partial charge in [0.05, 0.1) is 25.9 Å². The Balaban J connectivity index is 1.70. The molecule has 0 atom stereocenters. The molecule has 0 aromatic heterocycles. The molecule has 4 nitrogen and oxygen atoms in total. The lowest BCUT2D eigenvalue weighted by atomic mass is 10.1. The van der Waals surface area contributed by atoms with Crippen LogP contribution >= 0.6 is 0 Å². The third-order valence-electron chi connectivity index (χ3n) is 4.32. The largest absolute Gasteiger partial charge is 0.496 e. The zero-order valence-electron chi connectivity index (χ0n) is 14.7. The van der Waals surface area contributed by atoms with Crippen molar-refractivity contribution >= 4 is 17.5 Å². The van der Waals surface area contributed by atoms with Gasteiger partial charge < -0.3 is 14.4 Å². The highest BCUT2D eigenvalue weighted by molar-refractivity contribution is 6.08. The van der Waals surface area contributed by atoms with E-state index in [1.165, 1.54) is 5.69 Å². The predicted molar refractivity (Wildman–Crippen MR) is 101 cm³/mol. The fourth-order valence-electron chi connectivity index (χ4n) is 2.88. The van der Waals surface area contributed by atoms with E-state index in [1.54, 1.807) is 13.2 Å². The Morgan fingerprint density at radius 2 is 1.84 bits per heavy atom. The lowest BCUT2D eigenvalue weighted by Crippen LogP contribution is -2.36. The smallest absolute Gasteiger partial charge is 0.189 e. The molecule has 1 heterocycles. The van der Waals surface area contributed by atoms with Gasteiger partial charge in [-0.15, -0.1) is 0 Å². The monoisotopic (exact) mass is 337 g/mol. The Kier molecular flexibility index (Phi) is 5.51. The number of nitrogens with zero attached hydrogens (tertiary/aromatic N) is 1. The van der Waals surface area contributed by atoms with E-state index in [4.69, 9.17) is 9.47 Å². The molecule has 0 aliphatic carbocycles. The lowest BCUT2D eigenvalue weighted by molar-refractivity contribution is 0.104. The molecule has 1 fully saturated rings. The number of carbonyl (C=O) groups is 1. The van der Waals surface area contributed by atoms with Crippen molar-refractivity contribution in [3.8, 4) is 5.75 Å². The number of carbonyl (C=O) groups excluding carboxylic acids is 1. The van der Waals surface area contributed by atoms with Crippen molar-refractivity contribution in [2.75, 3.05) is 38.3 Å². The summed E-state index contributed by atoms with van der Waals surface area (Å²) in [6.45, 7) is 5.35. The van der Waals surface area contributed by atoms with E-state index in [0.29, 0.717) is 11.3 Å². The van der Waals surface area contributed by atoms with Crippen LogP contribution in [0, 0.1) is 6.92 Å². The first-order valence-electron chi connectivity index (χ1n) is 8.47.